The average molecular weight is 462 g/mol. The number of hydrogen-bond acceptors (Lipinski definition) is 5. The number of aryl methyl sites for hydroxylation is 1. The van der Waals surface area contributed by atoms with Crippen LogP contribution in [0.15, 0.2) is 47.8 Å². The lowest BCUT2D eigenvalue weighted by Crippen LogP contribution is -2.35. The molecule has 0 saturated heterocycles. The van der Waals surface area contributed by atoms with Crippen LogP contribution in [0.1, 0.15) is 15.2 Å². The predicted octanol–water partition coefficient (Wildman–Crippen LogP) is 4.05. The maximum Gasteiger partial charge on any atom is 0.349 e. The first kappa shape index (κ1) is 23.0. The van der Waals surface area contributed by atoms with E-state index in [2.05, 4.69) is 5.32 Å². The minimum atomic E-state index is -1.72. The Labute approximate surface area is 185 Å². The minimum Gasteiger partial charge on any atom is -0.451 e. The zero-order valence-electron chi connectivity index (χ0n) is 16.7. The summed E-state index contributed by atoms with van der Waals surface area (Å²) in [4.78, 5) is 36.4. The summed E-state index contributed by atoms with van der Waals surface area (Å²) in [5, 5.41) is 5.93. The van der Waals surface area contributed by atoms with Gasteiger partial charge in [0.2, 0.25) is 5.91 Å². The van der Waals surface area contributed by atoms with Crippen LogP contribution < -0.4 is 10.6 Å². The molecule has 0 atom stereocenters. The standard InChI is InChI=1S/C22H17F3N2O4S/c1-12-2-4-13(5-3-12)14-8-9-32-21(14)22(30)31-11-18(29)26-10-17(28)27-16-7-6-15(23)19(24)20(16)25/h2-9H,10-11H2,1H3,(H,26,29)(H,27,28). The molecule has 0 radical (unpaired) electrons. The van der Waals surface area contributed by atoms with Crippen LogP contribution in [0.5, 0.6) is 0 Å². The molecule has 0 bridgehead atoms. The molecule has 10 heteroatoms. The molecular formula is C22H17F3N2O4S. The van der Waals surface area contributed by atoms with Gasteiger partial charge in [-0.15, -0.1) is 11.3 Å². The summed E-state index contributed by atoms with van der Waals surface area (Å²) in [6, 6.07) is 10.8. The largest absolute Gasteiger partial charge is 0.451 e. The molecular weight excluding hydrogens is 445 g/mol. The number of esters is 1. The van der Waals surface area contributed by atoms with Crippen molar-refractivity contribution in [3.8, 4) is 11.1 Å². The van der Waals surface area contributed by atoms with Crippen molar-refractivity contribution in [3.63, 3.8) is 0 Å². The van der Waals surface area contributed by atoms with E-state index in [0.29, 0.717) is 16.5 Å². The third kappa shape index (κ3) is 5.52. The van der Waals surface area contributed by atoms with Gasteiger partial charge in [-0.3, -0.25) is 9.59 Å². The summed E-state index contributed by atoms with van der Waals surface area (Å²) in [5.74, 6) is -7.02. The highest BCUT2D eigenvalue weighted by Crippen LogP contribution is 2.29. The number of anilines is 1. The third-order valence-electron chi connectivity index (χ3n) is 4.30. The molecule has 3 aromatic rings. The van der Waals surface area contributed by atoms with E-state index in [1.54, 1.807) is 11.4 Å². The van der Waals surface area contributed by atoms with Crippen LogP contribution in [0.25, 0.3) is 11.1 Å². The molecule has 0 saturated carbocycles. The molecule has 2 amide bonds. The highest BCUT2D eigenvalue weighted by atomic mass is 32.1. The number of ether oxygens (including phenoxy) is 1. The van der Waals surface area contributed by atoms with Gasteiger partial charge in [0.25, 0.3) is 5.91 Å². The van der Waals surface area contributed by atoms with Gasteiger partial charge in [0.15, 0.2) is 24.1 Å². The van der Waals surface area contributed by atoms with Gasteiger partial charge in [-0.1, -0.05) is 29.8 Å². The van der Waals surface area contributed by atoms with Crippen LogP contribution in [0.2, 0.25) is 0 Å². The lowest BCUT2D eigenvalue weighted by molar-refractivity contribution is -0.126. The molecule has 2 aromatic carbocycles. The lowest BCUT2D eigenvalue weighted by atomic mass is 10.1. The molecule has 0 fully saturated rings. The van der Waals surface area contributed by atoms with E-state index in [1.807, 2.05) is 36.5 Å². The number of halogens is 3. The molecule has 3 rings (SSSR count). The van der Waals surface area contributed by atoms with Gasteiger partial charge >= 0.3 is 5.97 Å². The average Bonchev–Trinajstić information content (AvgIpc) is 3.27. The number of carbonyl (C=O) groups is 3. The summed E-state index contributed by atoms with van der Waals surface area (Å²) in [6.07, 6.45) is 0. The van der Waals surface area contributed by atoms with Gasteiger partial charge in [0.1, 0.15) is 4.88 Å². The number of nitrogens with one attached hydrogen (secondary N) is 2. The topological polar surface area (TPSA) is 84.5 Å². The Hall–Kier alpha value is -3.66. The van der Waals surface area contributed by atoms with Crippen molar-refractivity contribution in [3.05, 3.63) is 75.7 Å². The molecule has 0 aliphatic carbocycles. The van der Waals surface area contributed by atoms with E-state index in [0.717, 1.165) is 17.2 Å². The first-order valence-corrected chi connectivity index (χ1v) is 10.2. The lowest BCUT2D eigenvalue weighted by Gasteiger charge is -2.09. The Bertz CT molecular complexity index is 1160. The molecule has 2 N–H and O–H groups in total. The molecule has 1 heterocycles. The van der Waals surface area contributed by atoms with Crippen molar-refractivity contribution in [1.82, 2.24) is 5.32 Å². The van der Waals surface area contributed by atoms with Crippen LogP contribution in [-0.4, -0.2) is 30.9 Å². The Morgan fingerprint density at radius 3 is 2.38 bits per heavy atom. The summed E-state index contributed by atoms with van der Waals surface area (Å²) in [6.45, 7) is 0.708. The minimum absolute atomic E-state index is 0.327. The molecule has 0 spiro atoms. The smallest absolute Gasteiger partial charge is 0.349 e. The molecule has 0 aliphatic rings. The Morgan fingerprint density at radius 1 is 0.938 bits per heavy atom. The maximum absolute atomic E-state index is 13.6. The molecule has 6 nitrogen and oxygen atoms in total. The van der Waals surface area contributed by atoms with E-state index in [1.165, 1.54) is 11.3 Å². The van der Waals surface area contributed by atoms with Crippen molar-refractivity contribution >= 4 is 34.8 Å². The molecule has 1 aromatic heterocycles. The number of rotatable bonds is 7. The van der Waals surface area contributed by atoms with E-state index in [-0.39, 0.29) is 0 Å². The number of hydrogen-bond donors (Lipinski definition) is 2. The molecule has 0 aliphatic heterocycles. The zero-order valence-corrected chi connectivity index (χ0v) is 17.5. The number of amides is 2. The Balaban J connectivity index is 1.50. The third-order valence-corrected chi connectivity index (χ3v) is 5.20. The van der Waals surface area contributed by atoms with Crippen molar-refractivity contribution in [2.45, 2.75) is 6.92 Å². The van der Waals surface area contributed by atoms with Crippen LogP contribution >= 0.6 is 11.3 Å². The number of carbonyl (C=O) groups excluding carboxylic acids is 3. The van der Waals surface area contributed by atoms with Gasteiger partial charge in [-0.2, -0.15) is 0 Å². The first-order chi connectivity index (χ1) is 15.3. The second-order valence-corrected chi connectivity index (χ2v) is 7.57. The van der Waals surface area contributed by atoms with Gasteiger partial charge in [0.05, 0.1) is 12.2 Å². The monoisotopic (exact) mass is 462 g/mol. The summed E-state index contributed by atoms with van der Waals surface area (Å²) in [7, 11) is 0. The number of benzene rings is 2. The second kappa shape index (κ2) is 10.1. The van der Waals surface area contributed by atoms with Crippen molar-refractivity contribution in [2.24, 2.45) is 0 Å². The van der Waals surface area contributed by atoms with Gasteiger partial charge in [-0.05, 0) is 36.1 Å². The van der Waals surface area contributed by atoms with Crippen LogP contribution in [-0.2, 0) is 14.3 Å². The fourth-order valence-electron chi connectivity index (χ4n) is 2.67. The van der Waals surface area contributed by atoms with Gasteiger partial charge < -0.3 is 15.4 Å². The van der Waals surface area contributed by atoms with Crippen LogP contribution in [0.4, 0.5) is 18.9 Å². The van der Waals surface area contributed by atoms with E-state index in [9.17, 15) is 27.6 Å². The van der Waals surface area contributed by atoms with Crippen molar-refractivity contribution in [1.29, 1.82) is 0 Å². The fourth-order valence-corrected chi connectivity index (χ4v) is 3.48. The fraction of sp³-hybridized carbons (Fsp3) is 0.136. The van der Waals surface area contributed by atoms with Gasteiger partial charge in [0, 0.05) is 5.56 Å². The highest BCUT2D eigenvalue weighted by Gasteiger charge is 2.18. The first-order valence-electron chi connectivity index (χ1n) is 9.28. The SMILES string of the molecule is Cc1ccc(-c2ccsc2C(=O)OCC(=O)NCC(=O)Nc2ccc(F)c(F)c2F)cc1. The quantitative estimate of drug-likeness (QED) is 0.410. The maximum atomic E-state index is 13.6. The number of thiophene rings is 1. The van der Waals surface area contributed by atoms with Crippen molar-refractivity contribution in [2.75, 3.05) is 18.5 Å². The zero-order chi connectivity index (χ0) is 23.3. The molecule has 166 valence electrons. The van der Waals surface area contributed by atoms with Crippen LogP contribution in [0, 0.1) is 24.4 Å². The summed E-state index contributed by atoms with van der Waals surface area (Å²) >= 11 is 1.17. The van der Waals surface area contributed by atoms with E-state index < -0.39 is 54.1 Å². The van der Waals surface area contributed by atoms with E-state index in [4.69, 9.17) is 4.74 Å². The van der Waals surface area contributed by atoms with E-state index >= 15 is 0 Å². The normalized spacial score (nSPS) is 10.5. The highest BCUT2D eigenvalue weighted by molar-refractivity contribution is 7.12. The molecule has 0 unspecified atom stereocenters. The van der Waals surface area contributed by atoms with Gasteiger partial charge in [-0.25, -0.2) is 18.0 Å². The van der Waals surface area contributed by atoms with Crippen molar-refractivity contribution < 1.29 is 32.3 Å². The second-order valence-electron chi connectivity index (χ2n) is 6.65. The molecule has 32 heavy (non-hydrogen) atoms. The van der Waals surface area contributed by atoms with Crippen LogP contribution in [0.3, 0.4) is 0 Å². The predicted molar refractivity (Wildman–Crippen MR) is 113 cm³/mol. The summed E-state index contributed by atoms with van der Waals surface area (Å²) in [5.41, 5.74) is 2.00. The Morgan fingerprint density at radius 2 is 1.66 bits per heavy atom. The Kier molecular flexibility index (Phi) is 7.26. The summed E-state index contributed by atoms with van der Waals surface area (Å²) < 4.78 is 44.7.